The average molecular weight is 285 g/mol. The maximum absolute atomic E-state index is 5.96. The van der Waals surface area contributed by atoms with Crippen molar-refractivity contribution in [2.45, 2.75) is 52.0 Å². The minimum atomic E-state index is 0.203. The summed E-state index contributed by atoms with van der Waals surface area (Å²) < 4.78 is 5.34. The molecule has 2 heterocycles. The maximum Gasteiger partial charge on any atom is 0.322 e. The van der Waals surface area contributed by atoms with Crippen molar-refractivity contribution in [1.29, 1.82) is 0 Å². The van der Waals surface area contributed by atoms with Gasteiger partial charge in [0, 0.05) is 12.6 Å². The van der Waals surface area contributed by atoms with Gasteiger partial charge in [0.1, 0.15) is 0 Å². The molecule has 0 radical (unpaired) electrons. The second-order valence-corrected chi connectivity index (χ2v) is 5.09. The Bertz CT molecular complexity index is 414. The van der Waals surface area contributed by atoms with Crippen molar-refractivity contribution >= 4 is 17.5 Å². The lowest BCUT2D eigenvalue weighted by Crippen LogP contribution is -2.40. The number of nitrogens with zero attached hydrogens (tertiary/aromatic N) is 4. The van der Waals surface area contributed by atoms with Crippen LogP contribution in [-0.2, 0) is 0 Å². The summed E-state index contributed by atoms with van der Waals surface area (Å²) in [6, 6.07) is 0.824. The summed E-state index contributed by atoms with van der Waals surface area (Å²) in [5.74, 6) is 0.654. The minimum Gasteiger partial charge on any atom is -0.464 e. The summed E-state index contributed by atoms with van der Waals surface area (Å²) in [4.78, 5) is 14.9. The smallest absolute Gasteiger partial charge is 0.322 e. The van der Waals surface area contributed by atoms with E-state index in [0.717, 1.165) is 19.4 Å². The Hall–Kier alpha value is -1.10. The summed E-state index contributed by atoms with van der Waals surface area (Å²) in [6.45, 7) is 5.62. The van der Waals surface area contributed by atoms with Crippen LogP contribution < -0.4 is 9.64 Å². The van der Waals surface area contributed by atoms with Gasteiger partial charge in [-0.15, -0.1) is 0 Å². The highest BCUT2D eigenvalue weighted by Crippen LogP contribution is 2.26. The van der Waals surface area contributed by atoms with E-state index in [9.17, 15) is 0 Å². The molecule has 1 aromatic heterocycles. The Morgan fingerprint density at radius 3 is 2.84 bits per heavy atom. The van der Waals surface area contributed by atoms with Gasteiger partial charge in [-0.3, -0.25) is 0 Å². The maximum atomic E-state index is 5.96. The van der Waals surface area contributed by atoms with E-state index in [-0.39, 0.29) is 5.28 Å². The van der Waals surface area contributed by atoms with Gasteiger partial charge in [0.15, 0.2) is 0 Å². The molecule has 0 amide bonds. The molecule has 0 aromatic carbocycles. The van der Waals surface area contributed by atoms with Gasteiger partial charge in [-0.2, -0.15) is 15.0 Å². The van der Waals surface area contributed by atoms with Crippen LogP contribution in [0.25, 0.3) is 0 Å². The van der Waals surface area contributed by atoms with Gasteiger partial charge < -0.3 is 9.64 Å². The van der Waals surface area contributed by atoms with E-state index in [2.05, 4.69) is 26.8 Å². The van der Waals surface area contributed by atoms with E-state index >= 15 is 0 Å². The SMILES string of the molecule is CCCC1CCCCN1c1nc(Cl)nc(OCC)n1. The van der Waals surface area contributed by atoms with E-state index < -0.39 is 0 Å². The summed E-state index contributed by atoms with van der Waals surface area (Å²) in [5.41, 5.74) is 0. The van der Waals surface area contributed by atoms with Gasteiger partial charge in [0.25, 0.3) is 0 Å². The zero-order valence-electron chi connectivity index (χ0n) is 11.6. The normalized spacial score (nSPS) is 19.5. The standard InChI is InChI=1S/C13H21ClN4O/c1-3-7-10-8-5-6-9-18(10)12-15-11(14)16-13(17-12)19-4-2/h10H,3-9H2,1-2H3. The van der Waals surface area contributed by atoms with Gasteiger partial charge in [0.05, 0.1) is 6.61 Å². The lowest BCUT2D eigenvalue weighted by molar-refractivity contribution is 0.310. The average Bonchev–Trinajstić information content (AvgIpc) is 2.39. The molecule has 1 fully saturated rings. The minimum absolute atomic E-state index is 0.203. The number of halogens is 1. The predicted octanol–water partition coefficient (Wildman–Crippen LogP) is 3.08. The molecule has 1 aliphatic rings. The molecular weight excluding hydrogens is 264 g/mol. The Labute approximate surface area is 119 Å². The first-order valence-corrected chi connectivity index (χ1v) is 7.43. The molecule has 0 aliphatic carbocycles. The van der Waals surface area contributed by atoms with Crippen molar-refractivity contribution in [2.24, 2.45) is 0 Å². The second kappa shape index (κ2) is 6.89. The summed E-state index contributed by atoms with van der Waals surface area (Å²) in [7, 11) is 0. The highest BCUT2D eigenvalue weighted by atomic mass is 35.5. The largest absolute Gasteiger partial charge is 0.464 e. The van der Waals surface area contributed by atoms with E-state index in [1.165, 1.54) is 19.3 Å². The number of piperidine rings is 1. The van der Waals surface area contributed by atoms with Crippen LogP contribution >= 0.6 is 11.6 Å². The molecule has 2 rings (SSSR count). The third kappa shape index (κ3) is 3.69. The number of ether oxygens (including phenoxy) is 1. The van der Waals surface area contributed by atoms with E-state index in [4.69, 9.17) is 16.3 Å². The first-order chi connectivity index (χ1) is 9.24. The summed E-state index contributed by atoms with van der Waals surface area (Å²) in [6.07, 6.45) is 5.97. The zero-order chi connectivity index (χ0) is 13.7. The van der Waals surface area contributed by atoms with Crippen molar-refractivity contribution in [1.82, 2.24) is 15.0 Å². The highest BCUT2D eigenvalue weighted by molar-refractivity contribution is 6.28. The molecule has 1 aliphatic heterocycles. The number of anilines is 1. The number of hydrogen-bond donors (Lipinski definition) is 0. The first-order valence-electron chi connectivity index (χ1n) is 7.05. The van der Waals surface area contributed by atoms with Crippen molar-refractivity contribution in [3.05, 3.63) is 5.28 Å². The Morgan fingerprint density at radius 2 is 2.11 bits per heavy atom. The van der Waals surface area contributed by atoms with Crippen molar-refractivity contribution < 1.29 is 4.74 Å². The van der Waals surface area contributed by atoms with Crippen molar-refractivity contribution in [3.63, 3.8) is 0 Å². The Kier molecular flexibility index (Phi) is 5.19. The van der Waals surface area contributed by atoms with Crippen LogP contribution in [0.1, 0.15) is 46.0 Å². The topological polar surface area (TPSA) is 51.1 Å². The van der Waals surface area contributed by atoms with Gasteiger partial charge in [0.2, 0.25) is 11.2 Å². The highest BCUT2D eigenvalue weighted by Gasteiger charge is 2.25. The van der Waals surface area contributed by atoms with Crippen LogP contribution in [-0.4, -0.2) is 34.1 Å². The molecule has 0 bridgehead atoms. The second-order valence-electron chi connectivity index (χ2n) is 4.75. The fourth-order valence-electron chi connectivity index (χ4n) is 2.54. The number of aromatic nitrogens is 3. The Morgan fingerprint density at radius 1 is 1.26 bits per heavy atom. The lowest BCUT2D eigenvalue weighted by Gasteiger charge is -2.35. The van der Waals surface area contributed by atoms with Crippen LogP contribution in [0, 0.1) is 0 Å². The number of rotatable bonds is 5. The summed E-state index contributed by atoms with van der Waals surface area (Å²) in [5, 5.41) is 0.203. The third-order valence-electron chi connectivity index (χ3n) is 3.36. The van der Waals surface area contributed by atoms with E-state index in [1.807, 2.05) is 6.92 Å². The molecule has 1 aromatic rings. The lowest BCUT2D eigenvalue weighted by atomic mass is 9.99. The molecule has 1 atom stereocenters. The molecule has 1 saturated heterocycles. The molecule has 5 nitrogen and oxygen atoms in total. The predicted molar refractivity (Wildman–Crippen MR) is 75.9 cm³/mol. The number of hydrogen-bond acceptors (Lipinski definition) is 5. The molecule has 106 valence electrons. The molecule has 1 unspecified atom stereocenters. The molecule has 19 heavy (non-hydrogen) atoms. The quantitative estimate of drug-likeness (QED) is 0.832. The van der Waals surface area contributed by atoms with Gasteiger partial charge >= 0.3 is 6.01 Å². The molecule has 0 spiro atoms. The van der Waals surface area contributed by atoms with Crippen LogP contribution in [0.15, 0.2) is 0 Å². The van der Waals surface area contributed by atoms with Crippen LogP contribution in [0.3, 0.4) is 0 Å². The van der Waals surface area contributed by atoms with Crippen LogP contribution in [0.2, 0.25) is 5.28 Å². The molecule has 0 saturated carbocycles. The fraction of sp³-hybridized carbons (Fsp3) is 0.769. The third-order valence-corrected chi connectivity index (χ3v) is 3.52. The first kappa shape index (κ1) is 14.3. The molecular formula is C13H21ClN4O. The van der Waals surface area contributed by atoms with Crippen molar-refractivity contribution in [3.8, 4) is 6.01 Å². The Balaban J connectivity index is 2.22. The van der Waals surface area contributed by atoms with Gasteiger partial charge in [-0.05, 0) is 44.2 Å². The molecule has 0 N–H and O–H groups in total. The van der Waals surface area contributed by atoms with Gasteiger partial charge in [-0.25, -0.2) is 0 Å². The van der Waals surface area contributed by atoms with E-state index in [1.54, 1.807) is 0 Å². The monoisotopic (exact) mass is 284 g/mol. The van der Waals surface area contributed by atoms with E-state index in [0.29, 0.717) is 24.6 Å². The molecule has 6 heteroatoms. The summed E-state index contributed by atoms with van der Waals surface area (Å²) >= 11 is 5.96. The van der Waals surface area contributed by atoms with Crippen molar-refractivity contribution in [2.75, 3.05) is 18.1 Å². The van der Waals surface area contributed by atoms with Gasteiger partial charge in [-0.1, -0.05) is 13.3 Å². The zero-order valence-corrected chi connectivity index (χ0v) is 12.4. The fourth-order valence-corrected chi connectivity index (χ4v) is 2.69. The van der Waals surface area contributed by atoms with Crippen LogP contribution in [0.5, 0.6) is 6.01 Å². The van der Waals surface area contributed by atoms with Crippen LogP contribution in [0.4, 0.5) is 5.95 Å².